The van der Waals surface area contributed by atoms with Gasteiger partial charge in [0.05, 0.1) is 18.9 Å². The van der Waals surface area contributed by atoms with Gasteiger partial charge in [0, 0.05) is 35.9 Å². The molecule has 0 fully saturated rings. The number of carbonyl (C=O) groups excluding carboxylic acids is 1. The maximum absolute atomic E-state index is 11.5. The summed E-state index contributed by atoms with van der Waals surface area (Å²) in [4.78, 5) is 20.0. The van der Waals surface area contributed by atoms with E-state index < -0.39 is 0 Å². The van der Waals surface area contributed by atoms with Gasteiger partial charge in [-0.05, 0) is 54.4 Å². The van der Waals surface area contributed by atoms with Gasteiger partial charge in [-0.3, -0.25) is 4.98 Å². The maximum Gasteiger partial charge on any atom is 0.337 e. The van der Waals surface area contributed by atoms with Gasteiger partial charge in [0.15, 0.2) is 5.76 Å². The molecule has 2 aromatic carbocycles. The Kier molecular flexibility index (Phi) is 5.93. The van der Waals surface area contributed by atoms with Gasteiger partial charge in [-0.25, -0.2) is 9.78 Å². The van der Waals surface area contributed by atoms with Crippen LogP contribution in [-0.2, 0) is 11.3 Å². The average molecular weight is 414 g/mol. The van der Waals surface area contributed by atoms with Crippen LogP contribution in [0.5, 0.6) is 0 Å². The normalized spacial score (nSPS) is 10.5. The lowest BCUT2D eigenvalue weighted by molar-refractivity contribution is 0.0600. The number of rotatable bonds is 7. The first-order valence-electron chi connectivity index (χ1n) is 9.77. The van der Waals surface area contributed by atoms with E-state index in [0.29, 0.717) is 23.9 Å². The molecule has 0 aliphatic carbocycles. The Bertz CT molecular complexity index is 1170. The van der Waals surface area contributed by atoms with Crippen LogP contribution >= 0.6 is 0 Å². The van der Waals surface area contributed by atoms with Gasteiger partial charge in [0.2, 0.25) is 0 Å². The summed E-state index contributed by atoms with van der Waals surface area (Å²) in [6, 6.07) is 17.6. The molecular formula is C24H22N4O3. The van der Waals surface area contributed by atoms with E-state index >= 15 is 0 Å². The van der Waals surface area contributed by atoms with Crippen LogP contribution in [-0.4, -0.2) is 23.0 Å². The van der Waals surface area contributed by atoms with Crippen LogP contribution < -0.4 is 10.6 Å². The molecule has 0 atom stereocenters. The van der Waals surface area contributed by atoms with Crippen molar-refractivity contribution in [2.24, 2.45) is 0 Å². The molecule has 0 spiro atoms. The number of methoxy groups -OCH3 is 1. The molecule has 0 bridgehead atoms. The average Bonchev–Trinajstić information content (AvgIpc) is 3.28. The lowest BCUT2D eigenvalue weighted by Crippen LogP contribution is -2.03. The number of anilines is 3. The van der Waals surface area contributed by atoms with E-state index in [4.69, 9.17) is 9.15 Å². The second kappa shape index (κ2) is 9.13. The van der Waals surface area contributed by atoms with Crippen LogP contribution in [0.15, 0.2) is 77.6 Å². The smallest absolute Gasteiger partial charge is 0.337 e. The standard InChI is InChI=1S/C24H22N4O3/c1-16-5-10-20(26-13-17-6-8-18(9-7-17)23(29)30-2)12-21(16)28-24-27-15-22(31-24)19-4-3-11-25-14-19/h3-12,14-15,26H,13H2,1-2H3,(H,27,28). The van der Waals surface area contributed by atoms with Crippen molar-refractivity contribution in [2.75, 3.05) is 17.7 Å². The van der Waals surface area contributed by atoms with Crippen molar-refractivity contribution in [3.8, 4) is 11.3 Å². The van der Waals surface area contributed by atoms with E-state index in [1.807, 2.05) is 49.4 Å². The Hall–Kier alpha value is -4.13. The summed E-state index contributed by atoms with van der Waals surface area (Å²) in [7, 11) is 1.37. The van der Waals surface area contributed by atoms with Crippen LogP contribution in [0, 0.1) is 6.92 Å². The molecule has 0 aliphatic rings. The van der Waals surface area contributed by atoms with Crippen molar-refractivity contribution in [3.63, 3.8) is 0 Å². The van der Waals surface area contributed by atoms with Crippen molar-refractivity contribution in [3.05, 3.63) is 89.9 Å². The number of ether oxygens (including phenoxy) is 1. The number of aromatic nitrogens is 2. The number of nitrogens with zero attached hydrogens (tertiary/aromatic N) is 2. The third-order valence-electron chi connectivity index (χ3n) is 4.80. The van der Waals surface area contributed by atoms with Gasteiger partial charge < -0.3 is 19.8 Å². The number of hydrogen-bond donors (Lipinski definition) is 2. The van der Waals surface area contributed by atoms with E-state index in [-0.39, 0.29) is 5.97 Å². The summed E-state index contributed by atoms with van der Waals surface area (Å²) >= 11 is 0. The summed E-state index contributed by atoms with van der Waals surface area (Å²) in [6.45, 7) is 2.64. The minimum Gasteiger partial charge on any atom is -0.465 e. The van der Waals surface area contributed by atoms with E-state index in [2.05, 4.69) is 20.6 Å². The SMILES string of the molecule is COC(=O)c1ccc(CNc2ccc(C)c(Nc3ncc(-c4cccnc4)o3)c2)cc1. The molecule has 0 saturated carbocycles. The summed E-state index contributed by atoms with van der Waals surface area (Å²) < 4.78 is 10.5. The Balaban J connectivity index is 1.43. The molecule has 0 radical (unpaired) electrons. The number of hydrogen-bond acceptors (Lipinski definition) is 7. The maximum atomic E-state index is 11.5. The van der Waals surface area contributed by atoms with Crippen molar-refractivity contribution in [1.82, 2.24) is 9.97 Å². The van der Waals surface area contributed by atoms with Crippen molar-refractivity contribution in [2.45, 2.75) is 13.5 Å². The molecular weight excluding hydrogens is 392 g/mol. The van der Waals surface area contributed by atoms with Gasteiger partial charge in [0.1, 0.15) is 0 Å². The highest BCUT2D eigenvalue weighted by molar-refractivity contribution is 5.89. The Morgan fingerprint density at radius 3 is 2.68 bits per heavy atom. The zero-order valence-electron chi connectivity index (χ0n) is 17.3. The molecule has 2 N–H and O–H groups in total. The summed E-state index contributed by atoms with van der Waals surface area (Å²) in [5.74, 6) is 0.310. The summed E-state index contributed by atoms with van der Waals surface area (Å²) in [5.41, 5.74) is 5.36. The lowest BCUT2D eigenvalue weighted by Gasteiger charge is -2.11. The van der Waals surface area contributed by atoms with E-state index in [1.54, 1.807) is 30.7 Å². The number of benzene rings is 2. The van der Waals surface area contributed by atoms with Crippen molar-refractivity contribution >= 4 is 23.4 Å². The molecule has 2 aromatic heterocycles. The second-order valence-corrected chi connectivity index (χ2v) is 6.97. The Morgan fingerprint density at radius 1 is 1.10 bits per heavy atom. The molecule has 0 saturated heterocycles. The quantitative estimate of drug-likeness (QED) is 0.402. The van der Waals surface area contributed by atoms with Gasteiger partial charge in [0.25, 0.3) is 6.01 Å². The zero-order valence-corrected chi connectivity index (χ0v) is 17.3. The van der Waals surface area contributed by atoms with Crippen LogP contribution in [0.4, 0.5) is 17.4 Å². The van der Waals surface area contributed by atoms with Crippen LogP contribution in [0.3, 0.4) is 0 Å². The van der Waals surface area contributed by atoms with Crippen LogP contribution in [0.25, 0.3) is 11.3 Å². The molecule has 31 heavy (non-hydrogen) atoms. The van der Waals surface area contributed by atoms with Gasteiger partial charge in [-0.2, -0.15) is 0 Å². The first-order chi connectivity index (χ1) is 15.1. The molecule has 7 nitrogen and oxygen atoms in total. The molecule has 4 aromatic rings. The minimum atomic E-state index is -0.341. The number of pyridine rings is 1. The summed E-state index contributed by atoms with van der Waals surface area (Å²) in [6.07, 6.45) is 5.13. The van der Waals surface area contributed by atoms with Crippen LogP contribution in [0.1, 0.15) is 21.5 Å². The first-order valence-corrected chi connectivity index (χ1v) is 9.77. The predicted molar refractivity (Wildman–Crippen MR) is 119 cm³/mol. The highest BCUT2D eigenvalue weighted by atomic mass is 16.5. The molecule has 4 rings (SSSR count). The Labute approximate surface area is 180 Å². The molecule has 7 heteroatoms. The Morgan fingerprint density at radius 2 is 1.94 bits per heavy atom. The fraction of sp³-hybridized carbons (Fsp3) is 0.125. The minimum absolute atomic E-state index is 0.341. The molecule has 0 aliphatic heterocycles. The third kappa shape index (κ3) is 4.90. The predicted octanol–water partition coefficient (Wildman–Crippen LogP) is 5.19. The van der Waals surface area contributed by atoms with E-state index in [9.17, 15) is 4.79 Å². The molecule has 156 valence electrons. The number of aryl methyl sites for hydroxylation is 1. The van der Waals surface area contributed by atoms with Crippen molar-refractivity contribution in [1.29, 1.82) is 0 Å². The number of carbonyl (C=O) groups is 1. The number of nitrogens with one attached hydrogen (secondary N) is 2. The summed E-state index contributed by atoms with van der Waals surface area (Å²) in [5, 5.41) is 6.63. The van der Waals surface area contributed by atoms with Gasteiger partial charge >= 0.3 is 5.97 Å². The van der Waals surface area contributed by atoms with E-state index in [0.717, 1.165) is 28.1 Å². The number of esters is 1. The number of oxazole rings is 1. The molecule has 2 heterocycles. The van der Waals surface area contributed by atoms with Crippen LogP contribution in [0.2, 0.25) is 0 Å². The molecule has 0 unspecified atom stereocenters. The van der Waals surface area contributed by atoms with Gasteiger partial charge in [-0.15, -0.1) is 0 Å². The fourth-order valence-electron chi connectivity index (χ4n) is 3.04. The zero-order chi connectivity index (χ0) is 21.6. The van der Waals surface area contributed by atoms with Gasteiger partial charge in [-0.1, -0.05) is 18.2 Å². The highest BCUT2D eigenvalue weighted by Gasteiger charge is 2.09. The largest absolute Gasteiger partial charge is 0.465 e. The van der Waals surface area contributed by atoms with E-state index in [1.165, 1.54) is 7.11 Å². The second-order valence-electron chi connectivity index (χ2n) is 6.97. The monoisotopic (exact) mass is 414 g/mol. The molecule has 0 amide bonds. The third-order valence-corrected chi connectivity index (χ3v) is 4.80. The highest BCUT2D eigenvalue weighted by Crippen LogP contribution is 2.27. The lowest BCUT2D eigenvalue weighted by atomic mass is 10.1. The van der Waals surface area contributed by atoms with Crippen molar-refractivity contribution < 1.29 is 13.9 Å². The fourth-order valence-corrected chi connectivity index (χ4v) is 3.04. The first kappa shape index (κ1) is 20.2. The topological polar surface area (TPSA) is 89.3 Å².